The van der Waals surface area contributed by atoms with Crippen LogP contribution < -0.4 is 9.47 Å². The van der Waals surface area contributed by atoms with E-state index in [1.807, 2.05) is 42.5 Å². The van der Waals surface area contributed by atoms with E-state index in [-0.39, 0.29) is 12.7 Å². The minimum absolute atomic E-state index is 0.154. The van der Waals surface area contributed by atoms with Gasteiger partial charge in [-0.1, -0.05) is 30.8 Å². The summed E-state index contributed by atoms with van der Waals surface area (Å²) in [5.74, 6) is 0.443. The van der Waals surface area contributed by atoms with Crippen molar-refractivity contribution in [2.45, 2.75) is 18.5 Å². The number of carbonyl (C=O) groups is 2. The number of para-hydroxylation sites is 1. The molecule has 30 heavy (non-hydrogen) atoms. The van der Waals surface area contributed by atoms with Gasteiger partial charge >= 0.3 is 5.97 Å². The molecular formula is C23H20N2O5. The monoisotopic (exact) mass is 404 g/mol. The van der Waals surface area contributed by atoms with Crippen LogP contribution >= 0.6 is 0 Å². The number of amides is 1. The van der Waals surface area contributed by atoms with Crippen LogP contribution in [0.2, 0.25) is 0 Å². The van der Waals surface area contributed by atoms with Crippen LogP contribution in [0.25, 0.3) is 10.9 Å². The van der Waals surface area contributed by atoms with Crippen LogP contribution in [0.1, 0.15) is 22.9 Å². The lowest BCUT2D eigenvalue weighted by Gasteiger charge is -2.40. The second-order valence-corrected chi connectivity index (χ2v) is 7.27. The smallest absolute Gasteiger partial charge is 0.328 e. The second-order valence-electron chi connectivity index (χ2n) is 7.27. The summed E-state index contributed by atoms with van der Waals surface area (Å²) in [6, 6.07) is 12.1. The highest BCUT2D eigenvalue weighted by Crippen LogP contribution is 2.44. The van der Waals surface area contributed by atoms with E-state index >= 15 is 0 Å². The second kappa shape index (κ2) is 6.95. The molecule has 2 aliphatic rings. The van der Waals surface area contributed by atoms with E-state index in [1.54, 1.807) is 0 Å². The van der Waals surface area contributed by atoms with Crippen molar-refractivity contribution in [2.75, 3.05) is 13.9 Å². The first-order chi connectivity index (χ1) is 14.6. The normalized spacial score (nSPS) is 19.4. The lowest BCUT2D eigenvalue weighted by atomic mass is 9.87. The Morgan fingerprint density at radius 2 is 2.00 bits per heavy atom. The third kappa shape index (κ3) is 2.66. The largest absolute Gasteiger partial charge is 0.467 e. The molecule has 2 aromatic carbocycles. The van der Waals surface area contributed by atoms with Crippen molar-refractivity contribution in [3.8, 4) is 11.5 Å². The Bertz CT molecular complexity index is 1180. The Kier molecular flexibility index (Phi) is 4.24. The standard InChI is InChI=1S/C23H20N2O5/c1-3-20(26)25-17(23(27)28-2)11-15-14-6-4-5-7-16(14)24-21(15)22(25)13-8-9-18-19(10-13)30-12-29-18/h3-10,17,22,24H,1,11-12H2,2H3/t17-,22+/m0/s1. The van der Waals surface area contributed by atoms with Gasteiger partial charge in [-0.25, -0.2) is 4.79 Å². The van der Waals surface area contributed by atoms with Gasteiger partial charge in [-0.15, -0.1) is 0 Å². The number of carbonyl (C=O) groups excluding carboxylic acids is 2. The molecule has 0 fully saturated rings. The number of hydrogen-bond acceptors (Lipinski definition) is 5. The highest BCUT2D eigenvalue weighted by atomic mass is 16.7. The van der Waals surface area contributed by atoms with E-state index in [0.29, 0.717) is 17.9 Å². The van der Waals surface area contributed by atoms with Gasteiger partial charge in [-0.05, 0) is 35.4 Å². The molecule has 0 radical (unpaired) electrons. The first-order valence-electron chi connectivity index (χ1n) is 9.64. The summed E-state index contributed by atoms with van der Waals surface area (Å²) in [4.78, 5) is 30.7. The van der Waals surface area contributed by atoms with Gasteiger partial charge in [0.15, 0.2) is 11.5 Å². The minimum atomic E-state index is -0.775. The van der Waals surface area contributed by atoms with E-state index in [1.165, 1.54) is 18.1 Å². The number of H-pyrrole nitrogens is 1. The molecule has 0 unspecified atom stereocenters. The number of fused-ring (bicyclic) bond motifs is 4. The van der Waals surface area contributed by atoms with Crippen molar-refractivity contribution in [3.63, 3.8) is 0 Å². The molecule has 3 heterocycles. The molecule has 0 saturated heterocycles. The molecule has 1 aromatic heterocycles. The predicted molar refractivity (Wildman–Crippen MR) is 109 cm³/mol. The van der Waals surface area contributed by atoms with Gasteiger partial charge < -0.3 is 24.1 Å². The van der Waals surface area contributed by atoms with Crippen LogP contribution in [0.3, 0.4) is 0 Å². The molecular weight excluding hydrogens is 384 g/mol. The fourth-order valence-corrected chi connectivity index (χ4v) is 4.41. The maximum absolute atomic E-state index is 13.0. The number of ether oxygens (including phenoxy) is 3. The number of benzene rings is 2. The fourth-order valence-electron chi connectivity index (χ4n) is 4.41. The van der Waals surface area contributed by atoms with Gasteiger partial charge in [0.1, 0.15) is 6.04 Å². The minimum Gasteiger partial charge on any atom is -0.467 e. The Balaban J connectivity index is 1.76. The number of aromatic amines is 1. The molecule has 3 aromatic rings. The number of nitrogens with one attached hydrogen (secondary N) is 1. The highest BCUT2D eigenvalue weighted by Gasteiger charge is 2.43. The summed E-state index contributed by atoms with van der Waals surface area (Å²) in [6.07, 6.45) is 1.58. The Morgan fingerprint density at radius 1 is 1.20 bits per heavy atom. The number of hydrogen-bond donors (Lipinski definition) is 1. The van der Waals surface area contributed by atoms with Crippen molar-refractivity contribution in [3.05, 3.63) is 71.9 Å². The first-order valence-corrected chi connectivity index (χ1v) is 9.64. The van der Waals surface area contributed by atoms with Gasteiger partial charge in [-0.3, -0.25) is 4.79 Å². The molecule has 0 bridgehead atoms. The molecule has 0 saturated carbocycles. The molecule has 7 nitrogen and oxygen atoms in total. The summed E-state index contributed by atoms with van der Waals surface area (Å²) >= 11 is 0. The third-order valence-electron chi connectivity index (χ3n) is 5.75. The van der Waals surface area contributed by atoms with E-state index in [4.69, 9.17) is 14.2 Å². The molecule has 2 aliphatic heterocycles. The van der Waals surface area contributed by atoms with Crippen LogP contribution in [-0.4, -0.2) is 41.7 Å². The molecule has 152 valence electrons. The zero-order valence-electron chi connectivity index (χ0n) is 16.4. The van der Waals surface area contributed by atoms with E-state index in [9.17, 15) is 9.59 Å². The Hall–Kier alpha value is -3.74. The molecule has 0 aliphatic carbocycles. The first kappa shape index (κ1) is 18.3. The van der Waals surface area contributed by atoms with Gasteiger partial charge in [0.05, 0.1) is 13.2 Å². The lowest BCUT2D eigenvalue weighted by molar-refractivity contribution is -0.153. The van der Waals surface area contributed by atoms with Crippen LogP contribution in [0.4, 0.5) is 0 Å². The van der Waals surface area contributed by atoms with Crippen LogP contribution in [0.15, 0.2) is 55.1 Å². The molecule has 1 amide bonds. The fraction of sp³-hybridized carbons (Fsp3) is 0.217. The Labute approximate surface area is 172 Å². The summed E-state index contributed by atoms with van der Waals surface area (Å²) < 4.78 is 16.0. The number of nitrogens with zero attached hydrogens (tertiary/aromatic N) is 1. The number of methoxy groups -OCH3 is 1. The molecule has 7 heteroatoms. The number of esters is 1. The molecule has 0 spiro atoms. The maximum Gasteiger partial charge on any atom is 0.328 e. The van der Waals surface area contributed by atoms with Crippen molar-refractivity contribution in [2.24, 2.45) is 0 Å². The SMILES string of the molecule is C=CC(=O)N1[C@H](c2ccc3c(c2)OCO3)c2[nH]c3ccccc3c2C[C@H]1C(=O)OC. The topological polar surface area (TPSA) is 80.9 Å². The van der Waals surface area contributed by atoms with Crippen LogP contribution in [0, 0.1) is 0 Å². The van der Waals surface area contributed by atoms with Crippen molar-refractivity contribution >= 4 is 22.8 Å². The average molecular weight is 404 g/mol. The highest BCUT2D eigenvalue weighted by molar-refractivity contribution is 5.94. The van der Waals surface area contributed by atoms with E-state index < -0.39 is 18.1 Å². The van der Waals surface area contributed by atoms with Gasteiger partial charge in [-0.2, -0.15) is 0 Å². The van der Waals surface area contributed by atoms with Crippen molar-refractivity contribution < 1.29 is 23.8 Å². The molecule has 1 N–H and O–H groups in total. The van der Waals surface area contributed by atoms with E-state index in [0.717, 1.165) is 27.7 Å². The number of aromatic nitrogens is 1. The third-order valence-corrected chi connectivity index (χ3v) is 5.75. The van der Waals surface area contributed by atoms with Crippen LogP contribution in [0.5, 0.6) is 11.5 Å². The summed E-state index contributed by atoms with van der Waals surface area (Å²) in [7, 11) is 1.33. The van der Waals surface area contributed by atoms with Crippen LogP contribution in [-0.2, 0) is 20.7 Å². The molecule has 5 rings (SSSR count). The predicted octanol–water partition coefficient (Wildman–Crippen LogP) is 3.10. The molecule has 2 atom stereocenters. The van der Waals surface area contributed by atoms with Gasteiger partial charge in [0, 0.05) is 23.0 Å². The van der Waals surface area contributed by atoms with Crippen molar-refractivity contribution in [1.82, 2.24) is 9.88 Å². The maximum atomic E-state index is 13.0. The summed E-state index contributed by atoms with van der Waals surface area (Å²) in [5, 5.41) is 1.03. The summed E-state index contributed by atoms with van der Waals surface area (Å²) in [5.41, 5.74) is 3.61. The van der Waals surface area contributed by atoms with E-state index in [2.05, 4.69) is 11.6 Å². The summed E-state index contributed by atoms with van der Waals surface area (Å²) in [6.45, 7) is 3.80. The quantitative estimate of drug-likeness (QED) is 0.536. The zero-order chi connectivity index (χ0) is 20.8. The van der Waals surface area contributed by atoms with Crippen molar-refractivity contribution in [1.29, 1.82) is 0 Å². The average Bonchev–Trinajstić information content (AvgIpc) is 3.40. The van der Waals surface area contributed by atoms with Gasteiger partial charge in [0.2, 0.25) is 12.7 Å². The lowest BCUT2D eigenvalue weighted by Crippen LogP contribution is -2.51. The van der Waals surface area contributed by atoms with Gasteiger partial charge in [0.25, 0.3) is 0 Å². The number of rotatable bonds is 3. The Morgan fingerprint density at radius 3 is 2.80 bits per heavy atom. The zero-order valence-corrected chi connectivity index (χ0v) is 16.4.